The monoisotopic (exact) mass is 241 g/mol. The number of rotatable bonds is 5. The number of pyridine rings is 1. The van der Waals surface area contributed by atoms with Gasteiger partial charge in [-0.25, -0.2) is 4.98 Å². The molecule has 0 aliphatic heterocycles. The lowest BCUT2D eigenvalue weighted by atomic mass is 10.1. The van der Waals surface area contributed by atoms with Crippen LogP contribution in [-0.4, -0.2) is 11.0 Å². The number of nitrogens with zero attached hydrogens (tertiary/aromatic N) is 1. The third kappa shape index (κ3) is 3.09. The fraction of sp³-hybridized carbons (Fsp3) is 0.583. The molecule has 0 spiro atoms. The summed E-state index contributed by atoms with van der Waals surface area (Å²) in [5.41, 5.74) is 8.53. The summed E-state index contributed by atoms with van der Waals surface area (Å²) in [7, 11) is 0. The van der Waals surface area contributed by atoms with Crippen LogP contribution in [0.25, 0.3) is 0 Å². The van der Waals surface area contributed by atoms with Crippen LogP contribution >= 0.6 is 11.6 Å². The van der Waals surface area contributed by atoms with E-state index in [9.17, 15) is 0 Å². The van der Waals surface area contributed by atoms with E-state index in [1.54, 1.807) is 0 Å². The Morgan fingerprint density at radius 2 is 2.06 bits per heavy atom. The zero-order valence-electron chi connectivity index (χ0n) is 10.2. The predicted octanol–water partition coefficient (Wildman–Crippen LogP) is 3.10. The second-order valence-corrected chi connectivity index (χ2v) is 4.30. The summed E-state index contributed by atoms with van der Waals surface area (Å²) in [5.74, 6) is 0. The van der Waals surface area contributed by atoms with Crippen molar-refractivity contribution in [1.82, 2.24) is 4.98 Å². The van der Waals surface area contributed by atoms with E-state index in [1.165, 1.54) is 0 Å². The molecule has 0 aromatic carbocycles. The molecule has 1 aromatic rings. The molecule has 0 radical (unpaired) electrons. The highest BCUT2D eigenvalue weighted by molar-refractivity contribution is 6.30. The van der Waals surface area contributed by atoms with Crippen LogP contribution in [0, 0.1) is 6.92 Å². The zero-order chi connectivity index (χ0) is 12.1. The molecule has 0 atom stereocenters. The zero-order valence-corrected chi connectivity index (χ0v) is 10.9. The van der Waals surface area contributed by atoms with E-state index in [0.29, 0.717) is 17.7 Å². The maximum atomic E-state index is 6.07. The molecule has 16 heavy (non-hydrogen) atoms. The van der Waals surface area contributed by atoms with Crippen molar-refractivity contribution < 1.29 is 0 Å². The largest absolute Gasteiger partial charge is 0.382 e. The van der Waals surface area contributed by atoms with Gasteiger partial charge in [0.1, 0.15) is 5.15 Å². The van der Waals surface area contributed by atoms with Gasteiger partial charge >= 0.3 is 0 Å². The summed E-state index contributed by atoms with van der Waals surface area (Å²) in [6.07, 6.45) is 2.17. The molecule has 4 heteroatoms. The van der Waals surface area contributed by atoms with Crippen LogP contribution in [0.15, 0.2) is 6.07 Å². The average molecular weight is 242 g/mol. The Morgan fingerprint density at radius 3 is 2.56 bits per heavy atom. The fourth-order valence-electron chi connectivity index (χ4n) is 1.70. The molecular formula is C12H20ClN3. The van der Waals surface area contributed by atoms with Gasteiger partial charge in [-0.1, -0.05) is 25.4 Å². The van der Waals surface area contributed by atoms with Crippen molar-refractivity contribution in [2.45, 2.75) is 46.2 Å². The molecule has 1 aromatic heterocycles. The van der Waals surface area contributed by atoms with Crippen molar-refractivity contribution in [1.29, 1.82) is 0 Å². The van der Waals surface area contributed by atoms with Gasteiger partial charge in [0.15, 0.2) is 0 Å². The van der Waals surface area contributed by atoms with E-state index in [2.05, 4.69) is 24.1 Å². The first-order chi connectivity index (χ1) is 7.62. The molecular weight excluding hydrogens is 222 g/mol. The van der Waals surface area contributed by atoms with Gasteiger partial charge in [-0.15, -0.1) is 0 Å². The Morgan fingerprint density at radius 1 is 1.44 bits per heavy atom. The van der Waals surface area contributed by atoms with Crippen LogP contribution in [0.5, 0.6) is 0 Å². The third-order valence-corrected chi connectivity index (χ3v) is 3.06. The summed E-state index contributed by atoms with van der Waals surface area (Å²) in [5, 5.41) is 3.99. The van der Waals surface area contributed by atoms with Gasteiger partial charge in [0, 0.05) is 29.5 Å². The van der Waals surface area contributed by atoms with Crippen LogP contribution < -0.4 is 11.1 Å². The maximum absolute atomic E-state index is 6.07. The first kappa shape index (κ1) is 13.3. The van der Waals surface area contributed by atoms with E-state index >= 15 is 0 Å². The number of hydrogen-bond donors (Lipinski definition) is 2. The van der Waals surface area contributed by atoms with Crippen LogP contribution in [-0.2, 0) is 6.54 Å². The number of halogens is 1. The number of nitrogens with one attached hydrogen (secondary N) is 1. The highest BCUT2D eigenvalue weighted by Crippen LogP contribution is 2.24. The summed E-state index contributed by atoms with van der Waals surface area (Å²) >= 11 is 6.07. The summed E-state index contributed by atoms with van der Waals surface area (Å²) in [6.45, 7) is 6.68. The van der Waals surface area contributed by atoms with Crippen LogP contribution in [0.3, 0.4) is 0 Å². The second-order valence-electron chi connectivity index (χ2n) is 3.94. The molecule has 90 valence electrons. The minimum Gasteiger partial charge on any atom is -0.382 e. The van der Waals surface area contributed by atoms with Gasteiger partial charge in [-0.3, -0.25) is 0 Å². The van der Waals surface area contributed by atoms with E-state index in [-0.39, 0.29) is 0 Å². The van der Waals surface area contributed by atoms with Crippen molar-refractivity contribution in [2.24, 2.45) is 5.73 Å². The number of anilines is 1. The molecule has 0 saturated heterocycles. The second kappa shape index (κ2) is 6.06. The summed E-state index contributed by atoms with van der Waals surface area (Å²) in [6, 6.07) is 2.47. The van der Waals surface area contributed by atoms with Crippen LogP contribution in [0.2, 0.25) is 5.15 Å². The smallest absolute Gasteiger partial charge is 0.135 e. The Balaban J connectivity index is 3.01. The molecule has 0 amide bonds. The van der Waals surface area contributed by atoms with E-state index < -0.39 is 0 Å². The van der Waals surface area contributed by atoms with E-state index in [1.807, 2.05) is 13.0 Å². The molecule has 3 nitrogen and oxygen atoms in total. The average Bonchev–Trinajstić information content (AvgIpc) is 2.25. The molecule has 0 aliphatic rings. The normalized spacial score (nSPS) is 10.9. The molecule has 0 aliphatic carbocycles. The lowest BCUT2D eigenvalue weighted by molar-refractivity contribution is 0.670. The van der Waals surface area contributed by atoms with Crippen molar-refractivity contribution in [2.75, 3.05) is 5.32 Å². The van der Waals surface area contributed by atoms with Gasteiger partial charge in [-0.05, 0) is 25.8 Å². The lowest BCUT2D eigenvalue weighted by Gasteiger charge is -2.19. The van der Waals surface area contributed by atoms with E-state index in [0.717, 1.165) is 29.8 Å². The minimum atomic E-state index is 0.411. The van der Waals surface area contributed by atoms with E-state index in [4.69, 9.17) is 17.3 Å². The van der Waals surface area contributed by atoms with Gasteiger partial charge in [0.05, 0.1) is 0 Å². The number of nitrogens with two attached hydrogens (primary N) is 1. The van der Waals surface area contributed by atoms with Crippen molar-refractivity contribution in [3.63, 3.8) is 0 Å². The highest BCUT2D eigenvalue weighted by atomic mass is 35.5. The Kier molecular flexibility index (Phi) is 5.03. The SMILES string of the molecule is CCC(CC)Nc1cc(C)nc(Cl)c1CN. The topological polar surface area (TPSA) is 50.9 Å². The number of hydrogen-bond acceptors (Lipinski definition) is 3. The Labute approximate surface area is 102 Å². The highest BCUT2D eigenvalue weighted by Gasteiger charge is 2.11. The molecule has 0 unspecified atom stereocenters. The van der Waals surface area contributed by atoms with Crippen molar-refractivity contribution in [3.8, 4) is 0 Å². The lowest BCUT2D eigenvalue weighted by Crippen LogP contribution is -2.19. The molecule has 0 fully saturated rings. The fourth-order valence-corrected chi connectivity index (χ4v) is 2.01. The summed E-state index contributed by atoms with van der Waals surface area (Å²) < 4.78 is 0. The standard InChI is InChI=1S/C12H20ClN3/c1-4-9(5-2)16-11-6-8(3)15-12(13)10(11)7-14/h6,9H,4-5,7,14H2,1-3H3,(H,15,16). The van der Waals surface area contributed by atoms with Gasteiger partial charge in [0.2, 0.25) is 0 Å². The van der Waals surface area contributed by atoms with Crippen LogP contribution in [0.4, 0.5) is 5.69 Å². The van der Waals surface area contributed by atoms with Gasteiger partial charge in [-0.2, -0.15) is 0 Å². The quantitative estimate of drug-likeness (QED) is 0.779. The Hall–Kier alpha value is -0.800. The first-order valence-electron chi connectivity index (χ1n) is 5.74. The molecule has 1 heterocycles. The van der Waals surface area contributed by atoms with Gasteiger partial charge in [0.25, 0.3) is 0 Å². The van der Waals surface area contributed by atoms with Crippen molar-refractivity contribution >= 4 is 17.3 Å². The molecule has 3 N–H and O–H groups in total. The number of aryl methyl sites for hydroxylation is 1. The molecule has 1 rings (SSSR count). The van der Waals surface area contributed by atoms with Crippen LogP contribution in [0.1, 0.15) is 37.9 Å². The third-order valence-electron chi connectivity index (χ3n) is 2.75. The summed E-state index contributed by atoms with van der Waals surface area (Å²) in [4.78, 5) is 4.21. The molecule has 0 bridgehead atoms. The number of aromatic nitrogens is 1. The molecule has 0 saturated carbocycles. The minimum absolute atomic E-state index is 0.411. The Bertz CT molecular complexity index is 348. The predicted molar refractivity (Wildman–Crippen MR) is 69.9 cm³/mol. The first-order valence-corrected chi connectivity index (χ1v) is 6.12. The van der Waals surface area contributed by atoms with Crippen molar-refractivity contribution in [3.05, 3.63) is 22.5 Å². The maximum Gasteiger partial charge on any atom is 0.135 e. The van der Waals surface area contributed by atoms with Gasteiger partial charge < -0.3 is 11.1 Å².